The van der Waals surface area contributed by atoms with Crippen molar-refractivity contribution in [2.24, 2.45) is 11.8 Å². The Morgan fingerprint density at radius 2 is 1.09 bits per heavy atom. The molecule has 0 aromatic carbocycles. The van der Waals surface area contributed by atoms with Gasteiger partial charge in [0, 0.05) is 0 Å². The van der Waals surface area contributed by atoms with E-state index in [4.69, 9.17) is 0 Å². The summed E-state index contributed by atoms with van der Waals surface area (Å²) in [4.78, 5) is 0. The summed E-state index contributed by atoms with van der Waals surface area (Å²) in [5, 5.41) is -3.22. The fraction of sp³-hybridized carbons (Fsp3) is 1.00. The molecular weight excluding hydrogens is 225 g/mol. The maximum absolute atomic E-state index is 9.51. The fourth-order valence-corrected chi connectivity index (χ4v) is 1.14. The van der Waals surface area contributed by atoms with E-state index in [9.17, 15) is 4.57 Å². The number of hydrogen-bond donors (Lipinski definition) is 0. The number of rotatable bonds is 1. The Morgan fingerprint density at radius 1 is 0.909 bits per heavy atom. The molecule has 2 aliphatic rings. The van der Waals surface area contributed by atoms with Gasteiger partial charge in [0.05, 0.1) is 0 Å². The molecule has 2 aliphatic carbocycles. The SMILES string of the molecule is C1CC1C1CC1.O=P(Cl)(Cl)Cl. The van der Waals surface area contributed by atoms with Crippen LogP contribution in [-0.2, 0) is 4.57 Å². The molecule has 0 radical (unpaired) electrons. The molecule has 0 aromatic heterocycles. The van der Waals surface area contributed by atoms with Crippen LogP contribution in [0.1, 0.15) is 25.7 Å². The molecule has 0 heterocycles. The van der Waals surface area contributed by atoms with Gasteiger partial charge in [0.15, 0.2) is 0 Å². The van der Waals surface area contributed by atoms with Gasteiger partial charge >= 0.3 is 5.20 Å². The van der Waals surface area contributed by atoms with E-state index in [2.05, 4.69) is 33.7 Å². The molecule has 5 heteroatoms. The lowest BCUT2D eigenvalue weighted by Crippen LogP contribution is -1.70. The van der Waals surface area contributed by atoms with Gasteiger partial charge in [-0.1, -0.05) is 0 Å². The predicted molar refractivity (Wildman–Crippen MR) is 50.6 cm³/mol. The molecule has 0 spiro atoms. The lowest BCUT2D eigenvalue weighted by molar-refractivity contribution is 0.600. The van der Waals surface area contributed by atoms with Crippen LogP contribution in [0.25, 0.3) is 0 Å². The molecule has 0 aliphatic heterocycles. The summed E-state index contributed by atoms with van der Waals surface area (Å²) in [6.07, 6.45) is 6.24. The number of hydrogen-bond acceptors (Lipinski definition) is 1. The van der Waals surface area contributed by atoms with Crippen molar-refractivity contribution in [3.05, 3.63) is 0 Å². The monoisotopic (exact) mass is 234 g/mol. The van der Waals surface area contributed by atoms with E-state index < -0.39 is 5.20 Å². The smallest absolute Gasteiger partial charge is 0.271 e. The van der Waals surface area contributed by atoms with Crippen LogP contribution >= 0.6 is 38.9 Å². The van der Waals surface area contributed by atoms with Crippen LogP contribution in [0.3, 0.4) is 0 Å². The molecule has 0 unspecified atom stereocenters. The Hall–Kier alpha value is 1.10. The van der Waals surface area contributed by atoms with Crippen molar-refractivity contribution in [2.75, 3.05) is 0 Å². The third-order valence-electron chi connectivity index (χ3n) is 1.91. The highest BCUT2D eigenvalue weighted by Gasteiger charge is 2.37. The van der Waals surface area contributed by atoms with Gasteiger partial charge in [-0.15, -0.1) is 0 Å². The Bertz CT molecular complexity index is 152. The van der Waals surface area contributed by atoms with E-state index in [-0.39, 0.29) is 0 Å². The quantitative estimate of drug-likeness (QED) is 0.606. The summed E-state index contributed by atoms with van der Waals surface area (Å²) in [7, 11) is 0. The molecule has 0 aromatic rings. The van der Waals surface area contributed by atoms with Crippen LogP contribution in [0.2, 0.25) is 0 Å². The maximum Gasteiger partial charge on any atom is 0.339 e. The first-order valence-corrected chi connectivity index (χ1v) is 8.08. The normalized spacial score (nSPS) is 23.9. The van der Waals surface area contributed by atoms with Gasteiger partial charge in [-0.05, 0) is 71.2 Å². The van der Waals surface area contributed by atoms with Gasteiger partial charge in [-0.3, -0.25) is 4.57 Å². The van der Waals surface area contributed by atoms with E-state index in [1.165, 1.54) is 11.8 Å². The van der Waals surface area contributed by atoms with Gasteiger partial charge in [0.1, 0.15) is 0 Å². The Labute approximate surface area is 81.1 Å². The van der Waals surface area contributed by atoms with Gasteiger partial charge < -0.3 is 0 Å². The van der Waals surface area contributed by atoms with E-state index in [0.717, 1.165) is 0 Å². The Balaban J connectivity index is 0.000000114. The largest absolute Gasteiger partial charge is 0.339 e. The molecule has 0 N–H and O–H groups in total. The first kappa shape index (κ1) is 10.2. The molecule has 11 heavy (non-hydrogen) atoms. The van der Waals surface area contributed by atoms with Gasteiger partial charge in [0.2, 0.25) is 0 Å². The third kappa shape index (κ3) is 7.46. The van der Waals surface area contributed by atoms with Crippen molar-refractivity contribution in [2.45, 2.75) is 25.7 Å². The lowest BCUT2D eigenvalue weighted by Gasteiger charge is -1.77. The van der Waals surface area contributed by atoms with Crippen molar-refractivity contribution in [1.29, 1.82) is 0 Å². The maximum atomic E-state index is 9.51. The minimum atomic E-state index is -3.22. The molecule has 0 atom stereocenters. The Kier molecular flexibility index (Phi) is 3.58. The average molecular weight is 235 g/mol. The van der Waals surface area contributed by atoms with Crippen molar-refractivity contribution in [3.8, 4) is 0 Å². The van der Waals surface area contributed by atoms with Crippen LogP contribution < -0.4 is 0 Å². The van der Waals surface area contributed by atoms with Crippen LogP contribution in [0.5, 0.6) is 0 Å². The second-order valence-electron chi connectivity index (χ2n) is 3.07. The summed E-state index contributed by atoms with van der Waals surface area (Å²) in [5.41, 5.74) is 0. The first-order chi connectivity index (χ1) is 4.97. The summed E-state index contributed by atoms with van der Waals surface area (Å²) in [6.45, 7) is 0. The molecule has 2 rings (SSSR count). The predicted octanol–water partition coefficient (Wildman–Crippen LogP) is 4.62. The molecule has 2 saturated carbocycles. The van der Waals surface area contributed by atoms with Crippen molar-refractivity contribution >= 4 is 38.9 Å². The average Bonchev–Trinajstić information content (AvgIpc) is 2.54. The molecule has 66 valence electrons. The van der Waals surface area contributed by atoms with E-state index in [0.29, 0.717) is 0 Å². The molecular formula is C6H10Cl3OP. The molecule has 1 nitrogen and oxygen atoms in total. The zero-order chi connectivity index (χ0) is 8.48. The molecule has 0 amide bonds. The highest BCUT2D eigenvalue weighted by molar-refractivity contribution is 8.24. The molecule has 0 saturated heterocycles. The minimum absolute atomic E-state index is 1.21. The first-order valence-electron chi connectivity index (χ1n) is 3.66. The topological polar surface area (TPSA) is 17.1 Å². The number of halogens is 3. The zero-order valence-corrected chi connectivity index (χ0v) is 9.13. The highest BCUT2D eigenvalue weighted by atomic mass is 36.0. The second kappa shape index (κ2) is 3.87. The molecule has 0 bridgehead atoms. The van der Waals surface area contributed by atoms with Gasteiger partial charge in [-0.2, -0.15) is 0 Å². The zero-order valence-electron chi connectivity index (χ0n) is 5.97. The van der Waals surface area contributed by atoms with Crippen molar-refractivity contribution in [1.82, 2.24) is 0 Å². The summed E-state index contributed by atoms with van der Waals surface area (Å²) >= 11 is 13.8. The standard InChI is InChI=1S/C6H10.Cl3OP/c1-2-5(1)6-3-4-6;1-5(2,3)4/h5-6H,1-4H2;. The molecule has 2 fully saturated rings. The lowest BCUT2D eigenvalue weighted by atomic mass is 10.3. The highest BCUT2D eigenvalue weighted by Crippen LogP contribution is 2.61. The summed E-state index contributed by atoms with van der Waals surface area (Å²) in [5.74, 6) is 2.43. The minimum Gasteiger partial charge on any atom is -0.271 e. The second-order valence-corrected chi connectivity index (χ2v) is 9.71. The van der Waals surface area contributed by atoms with Gasteiger partial charge in [-0.25, -0.2) is 0 Å². The van der Waals surface area contributed by atoms with E-state index in [1.807, 2.05) is 0 Å². The third-order valence-corrected chi connectivity index (χ3v) is 1.91. The summed E-state index contributed by atoms with van der Waals surface area (Å²) < 4.78 is 9.51. The van der Waals surface area contributed by atoms with E-state index in [1.54, 1.807) is 25.7 Å². The van der Waals surface area contributed by atoms with Crippen LogP contribution in [0.4, 0.5) is 0 Å². The Morgan fingerprint density at radius 3 is 1.18 bits per heavy atom. The van der Waals surface area contributed by atoms with Crippen LogP contribution in [0.15, 0.2) is 0 Å². The summed E-state index contributed by atoms with van der Waals surface area (Å²) in [6, 6.07) is 0. The van der Waals surface area contributed by atoms with Crippen molar-refractivity contribution < 1.29 is 4.57 Å². The van der Waals surface area contributed by atoms with Gasteiger partial charge in [0.25, 0.3) is 0 Å². The van der Waals surface area contributed by atoms with E-state index >= 15 is 0 Å². The fourth-order valence-electron chi connectivity index (χ4n) is 1.14. The van der Waals surface area contributed by atoms with Crippen LogP contribution in [-0.4, -0.2) is 0 Å². The van der Waals surface area contributed by atoms with Crippen LogP contribution in [0, 0.1) is 11.8 Å². The van der Waals surface area contributed by atoms with Crippen molar-refractivity contribution in [3.63, 3.8) is 0 Å².